The predicted molar refractivity (Wildman–Crippen MR) is 84.6 cm³/mol. The van der Waals surface area contributed by atoms with Gasteiger partial charge in [0, 0.05) is 31.8 Å². The molecule has 118 valence electrons. The van der Waals surface area contributed by atoms with Crippen LogP contribution in [0.15, 0.2) is 28.0 Å². The standard InChI is InChI=1S/C12H17ClN2O4S2/c1-9(7-13)8-20-12-5-4-10(6-11(12)15(16)17)21(18,19)14(2)3/h4-6,9H,7-8H2,1-3H3. The van der Waals surface area contributed by atoms with Crippen LogP contribution in [0.5, 0.6) is 0 Å². The zero-order valence-corrected chi connectivity index (χ0v) is 14.3. The number of nitro benzene ring substituents is 1. The monoisotopic (exact) mass is 352 g/mol. The Morgan fingerprint density at radius 1 is 1.43 bits per heavy atom. The smallest absolute Gasteiger partial charge is 0.258 e. The first kappa shape index (κ1) is 18.2. The maximum absolute atomic E-state index is 12.0. The van der Waals surface area contributed by atoms with Gasteiger partial charge in [0.1, 0.15) is 0 Å². The highest BCUT2D eigenvalue weighted by Crippen LogP contribution is 2.33. The Morgan fingerprint density at radius 2 is 2.05 bits per heavy atom. The quantitative estimate of drug-likeness (QED) is 0.326. The van der Waals surface area contributed by atoms with Crippen LogP contribution in [0.25, 0.3) is 0 Å². The first-order valence-electron chi connectivity index (χ1n) is 6.10. The van der Waals surface area contributed by atoms with E-state index in [1.165, 1.54) is 38.0 Å². The van der Waals surface area contributed by atoms with Crippen molar-refractivity contribution in [3.05, 3.63) is 28.3 Å². The van der Waals surface area contributed by atoms with Gasteiger partial charge < -0.3 is 0 Å². The van der Waals surface area contributed by atoms with E-state index in [1.807, 2.05) is 6.92 Å². The highest BCUT2D eigenvalue weighted by Gasteiger charge is 2.23. The summed E-state index contributed by atoms with van der Waals surface area (Å²) >= 11 is 7.01. The largest absolute Gasteiger partial charge is 0.284 e. The van der Waals surface area contributed by atoms with Crippen molar-refractivity contribution < 1.29 is 13.3 Å². The number of thioether (sulfide) groups is 1. The van der Waals surface area contributed by atoms with Gasteiger partial charge in [-0.1, -0.05) is 6.92 Å². The molecule has 0 aromatic heterocycles. The number of sulfonamides is 1. The van der Waals surface area contributed by atoms with Gasteiger partial charge in [0.05, 0.1) is 14.7 Å². The molecule has 0 aliphatic heterocycles. The van der Waals surface area contributed by atoms with Crippen LogP contribution in [-0.4, -0.2) is 43.4 Å². The lowest BCUT2D eigenvalue weighted by molar-refractivity contribution is -0.388. The summed E-state index contributed by atoms with van der Waals surface area (Å²) in [6, 6.07) is 3.96. The highest BCUT2D eigenvalue weighted by atomic mass is 35.5. The average Bonchev–Trinajstić information content (AvgIpc) is 2.43. The van der Waals surface area contributed by atoms with Crippen molar-refractivity contribution >= 4 is 39.1 Å². The van der Waals surface area contributed by atoms with Crippen molar-refractivity contribution in [2.24, 2.45) is 5.92 Å². The summed E-state index contributed by atoms with van der Waals surface area (Å²) in [5, 5.41) is 11.1. The maximum atomic E-state index is 12.0. The molecule has 1 unspecified atom stereocenters. The van der Waals surface area contributed by atoms with E-state index in [0.29, 0.717) is 16.5 Å². The number of nitrogens with zero attached hydrogens (tertiary/aromatic N) is 2. The van der Waals surface area contributed by atoms with Crippen molar-refractivity contribution in [3.63, 3.8) is 0 Å². The molecule has 0 spiro atoms. The Balaban J connectivity index is 3.17. The molecule has 1 aromatic rings. The van der Waals surface area contributed by atoms with Crippen LogP contribution in [0.1, 0.15) is 6.92 Å². The van der Waals surface area contributed by atoms with Gasteiger partial charge in [0.25, 0.3) is 5.69 Å². The van der Waals surface area contributed by atoms with Crippen molar-refractivity contribution in [2.45, 2.75) is 16.7 Å². The molecule has 0 aliphatic carbocycles. The normalized spacial score (nSPS) is 13.4. The first-order valence-corrected chi connectivity index (χ1v) is 9.06. The summed E-state index contributed by atoms with van der Waals surface area (Å²) in [6.45, 7) is 1.94. The van der Waals surface area contributed by atoms with Crippen molar-refractivity contribution in [1.29, 1.82) is 0 Å². The third-order valence-corrected chi connectivity index (χ3v) is 6.42. The van der Waals surface area contributed by atoms with E-state index < -0.39 is 14.9 Å². The van der Waals surface area contributed by atoms with Crippen molar-refractivity contribution in [2.75, 3.05) is 25.7 Å². The molecule has 0 heterocycles. The minimum atomic E-state index is -3.69. The molecule has 0 bridgehead atoms. The van der Waals surface area contributed by atoms with E-state index >= 15 is 0 Å². The summed E-state index contributed by atoms with van der Waals surface area (Å²) < 4.78 is 25.0. The Bertz CT molecular complexity index is 620. The fourth-order valence-electron chi connectivity index (χ4n) is 1.41. The molecule has 1 atom stereocenters. The van der Waals surface area contributed by atoms with Crippen molar-refractivity contribution in [3.8, 4) is 0 Å². The molecule has 0 aliphatic rings. The number of nitro groups is 1. The van der Waals surface area contributed by atoms with Gasteiger partial charge in [-0.3, -0.25) is 10.1 Å². The molecule has 0 radical (unpaired) electrons. The lowest BCUT2D eigenvalue weighted by Gasteiger charge is -2.12. The second-order valence-corrected chi connectivity index (χ2v) is 8.27. The summed E-state index contributed by atoms with van der Waals surface area (Å²) in [6.07, 6.45) is 0. The van der Waals surface area contributed by atoms with Gasteiger partial charge in [0.15, 0.2) is 0 Å². The number of benzene rings is 1. The Labute approximate surface area is 133 Å². The van der Waals surface area contributed by atoms with Crippen LogP contribution in [-0.2, 0) is 10.0 Å². The van der Waals surface area contributed by atoms with Gasteiger partial charge in [-0.15, -0.1) is 23.4 Å². The number of rotatable bonds is 7. The summed E-state index contributed by atoms with van der Waals surface area (Å²) in [5.74, 6) is 1.30. The fourth-order valence-corrected chi connectivity index (χ4v) is 3.60. The molecular weight excluding hydrogens is 336 g/mol. The molecule has 21 heavy (non-hydrogen) atoms. The molecule has 0 saturated heterocycles. The van der Waals surface area contributed by atoms with Gasteiger partial charge in [-0.2, -0.15) is 0 Å². The molecule has 9 heteroatoms. The minimum Gasteiger partial charge on any atom is -0.258 e. The minimum absolute atomic E-state index is 0.0889. The number of alkyl halides is 1. The zero-order valence-electron chi connectivity index (χ0n) is 11.9. The number of halogens is 1. The van der Waals surface area contributed by atoms with Gasteiger partial charge >= 0.3 is 0 Å². The third kappa shape index (κ3) is 4.57. The van der Waals surface area contributed by atoms with Gasteiger partial charge in [-0.05, 0) is 18.1 Å². The number of hydrogen-bond donors (Lipinski definition) is 0. The van der Waals surface area contributed by atoms with E-state index in [9.17, 15) is 18.5 Å². The number of hydrogen-bond acceptors (Lipinski definition) is 5. The van der Waals surface area contributed by atoms with Crippen LogP contribution in [0.3, 0.4) is 0 Å². The second-order valence-electron chi connectivity index (χ2n) is 4.74. The van der Waals surface area contributed by atoms with E-state index in [1.54, 1.807) is 0 Å². The molecule has 0 N–H and O–H groups in total. The molecule has 0 fully saturated rings. The van der Waals surface area contributed by atoms with E-state index in [-0.39, 0.29) is 16.5 Å². The van der Waals surface area contributed by atoms with E-state index in [2.05, 4.69) is 0 Å². The summed E-state index contributed by atoms with van der Waals surface area (Å²) in [5.41, 5.74) is -0.204. The molecule has 6 nitrogen and oxygen atoms in total. The lowest BCUT2D eigenvalue weighted by atomic mass is 10.3. The zero-order chi connectivity index (χ0) is 16.2. The van der Waals surface area contributed by atoms with Gasteiger partial charge in [0.2, 0.25) is 10.0 Å². The van der Waals surface area contributed by atoms with Crippen molar-refractivity contribution in [1.82, 2.24) is 4.31 Å². The topological polar surface area (TPSA) is 80.5 Å². The van der Waals surface area contributed by atoms with E-state index in [4.69, 9.17) is 11.6 Å². The molecule has 1 rings (SSSR count). The summed E-state index contributed by atoms with van der Waals surface area (Å²) in [7, 11) is -0.925. The van der Waals surface area contributed by atoms with Gasteiger partial charge in [-0.25, -0.2) is 12.7 Å². The summed E-state index contributed by atoms with van der Waals surface area (Å²) in [4.78, 5) is 10.9. The van der Waals surface area contributed by atoms with Crippen LogP contribution in [0.4, 0.5) is 5.69 Å². The molecule has 0 amide bonds. The Hall–Kier alpha value is -0.830. The van der Waals surface area contributed by atoms with Crippen LogP contribution in [0.2, 0.25) is 0 Å². The molecule has 1 aromatic carbocycles. The lowest BCUT2D eigenvalue weighted by Crippen LogP contribution is -2.22. The van der Waals surface area contributed by atoms with Crippen LogP contribution < -0.4 is 0 Å². The Kier molecular flexibility index (Phi) is 6.45. The fraction of sp³-hybridized carbons (Fsp3) is 0.500. The molecular formula is C12H17ClN2O4S2. The third-order valence-electron chi connectivity index (χ3n) is 2.69. The Morgan fingerprint density at radius 3 is 2.52 bits per heavy atom. The second kappa shape index (κ2) is 7.44. The van der Waals surface area contributed by atoms with Crippen LogP contribution in [0, 0.1) is 16.0 Å². The first-order chi connectivity index (χ1) is 9.70. The SMILES string of the molecule is CC(CCl)CSc1ccc(S(=O)(=O)N(C)C)cc1[N+](=O)[O-]. The maximum Gasteiger partial charge on any atom is 0.284 e. The predicted octanol–water partition coefficient (Wildman–Crippen LogP) is 2.81. The highest BCUT2D eigenvalue weighted by molar-refractivity contribution is 7.99. The molecule has 0 saturated carbocycles. The van der Waals surface area contributed by atoms with Crippen LogP contribution >= 0.6 is 23.4 Å². The average molecular weight is 353 g/mol. The van der Waals surface area contributed by atoms with E-state index in [0.717, 1.165) is 10.4 Å².